The van der Waals surface area contributed by atoms with E-state index in [9.17, 15) is 0 Å². The summed E-state index contributed by atoms with van der Waals surface area (Å²) < 4.78 is 0. The summed E-state index contributed by atoms with van der Waals surface area (Å²) in [6, 6.07) is 71.7. The van der Waals surface area contributed by atoms with Crippen LogP contribution in [-0.2, 0) is 0 Å². The van der Waals surface area contributed by atoms with Crippen LogP contribution in [0.25, 0.3) is 66.1 Å². The zero-order valence-electron chi connectivity index (χ0n) is 32.5. The van der Waals surface area contributed by atoms with Crippen LogP contribution in [0.1, 0.15) is 0 Å². The van der Waals surface area contributed by atoms with E-state index in [1.807, 2.05) is 48.8 Å². The summed E-state index contributed by atoms with van der Waals surface area (Å²) in [6.45, 7) is 0. The number of anilines is 6. The molecule has 0 saturated carbocycles. The molecular weight excluding hydrogens is 733 g/mol. The SMILES string of the molecule is c1ccc(N(c2ccccc2)c2ccc(-c3cnc4c(ccc5nc6ccc7cc(-c8ccc(N(c9ccccc9)c9ccccc9)cc8)cnc7c6nc54)c3)cc2)cc1. The van der Waals surface area contributed by atoms with E-state index in [0.29, 0.717) is 0 Å². The number of aromatic nitrogens is 4. The minimum absolute atomic E-state index is 0.763. The highest BCUT2D eigenvalue weighted by Gasteiger charge is 2.16. The van der Waals surface area contributed by atoms with Gasteiger partial charge in [-0.15, -0.1) is 0 Å². The lowest BCUT2D eigenvalue weighted by atomic mass is 10.0. The van der Waals surface area contributed by atoms with Gasteiger partial charge in [0.2, 0.25) is 0 Å². The van der Waals surface area contributed by atoms with E-state index < -0.39 is 0 Å². The Kier molecular flexibility index (Phi) is 8.71. The first-order valence-electron chi connectivity index (χ1n) is 20.0. The Morgan fingerprint density at radius 3 is 0.950 bits per heavy atom. The van der Waals surface area contributed by atoms with Gasteiger partial charge >= 0.3 is 0 Å². The first-order chi connectivity index (χ1) is 29.7. The summed E-state index contributed by atoms with van der Waals surface area (Å²) in [5, 5.41) is 2.01. The molecule has 6 heteroatoms. The first kappa shape index (κ1) is 35.0. The van der Waals surface area contributed by atoms with Crippen molar-refractivity contribution in [2.24, 2.45) is 0 Å². The van der Waals surface area contributed by atoms with Gasteiger partial charge in [-0.3, -0.25) is 9.97 Å². The topological polar surface area (TPSA) is 58.0 Å². The molecule has 0 radical (unpaired) electrons. The van der Waals surface area contributed by atoms with E-state index in [1.54, 1.807) is 0 Å². The van der Waals surface area contributed by atoms with Gasteiger partial charge in [-0.2, -0.15) is 0 Å². The fourth-order valence-corrected chi connectivity index (χ4v) is 8.12. The van der Waals surface area contributed by atoms with Gasteiger partial charge in [0.05, 0.1) is 22.1 Å². The van der Waals surface area contributed by atoms with Crippen molar-refractivity contribution < 1.29 is 0 Å². The smallest absolute Gasteiger partial charge is 0.116 e. The van der Waals surface area contributed by atoms with E-state index in [2.05, 4.69) is 180 Å². The molecule has 0 spiro atoms. The highest BCUT2D eigenvalue weighted by Crippen LogP contribution is 2.38. The summed E-state index contributed by atoms with van der Waals surface area (Å²) in [6.07, 6.45) is 3.87. The molecule has 0 N–H and O–H groups in total. The molecule has 6 nitrogen and oxygen atoms in total. The third-order valence-corrected chi connectivity index (χ3v) is 11.0. The zero-order valence-corrected chi connectivity index (χ0v) is 32.5. The second kappa shape index (κ2) is 14.9. The summed E-state index contributed by atoms with van der Waals surface area (Å²) >= 11 is 0. The van der Waals surface area contributed by atoms with Gasteiger partial charge in [0.1, 0.15) is 11.0 Å². The summed E-state index contributed by atoms with van der Waals surface area (Å²) in [5.74, 6) is 0. The molecule has 60 heavy (non-hydrogen) atoms. The van der Waals surface area contributed by atoms with Crippen LogP contribution < -0.4 is 9.80 Å². The lowest BCUT2D eigenvalue weighted by molar-refractivity contribution is 1.28. The van der Waals surface area contributed by atoms with E-state index in [0.717, 1.165) is 100 Å². The second-order valence-electron chi connectivity index (χ2n) is 14.8. The van der Waals surface area contributed by atoms with Gasteiger partial charge in [-0.1, -0.05) is 109 Å². The summed E-state index contributed by atoms with van der Waals surface area (Å²) in [4.78, 5) is 24.8. The fraction of sp³-hybridized carbons (Fsp3) is 0. The molecule has 0 aliphatic carbocycles. The maximum Gasteiger partial charge on any atom is 0.116 e. The number of pyridine rings is 2. The van der Waals surface area contributed by atoms with Crippen molar-refractivity contribution >= 4 is 78.0 Å². The fourth-order valence-electron chi connectivity index (χ4n) is 8.12. The molecule has 0 unspecified atom stereocenters. The predicted molar refractivity (Wildman–Crippen MR) is 248 cm³/mol. The van der Waals surface area contributed by atoms with Crippen LogP contribution in [-0.4, -0.2) is 19.9 Å². The molecule has 282 valence electrons. The lowest BCUT2D eigenvalue weighted by Gasteiger charge is -2.25. The third kappa shape index (κ3) is 6.42. The molecule has 3 heterocycles. The molecule has 11 rings (SSSR count). The zero-order chi connectivity index (χ0) is 39.8. The normalized spacial score (nSPS) is 11.3. The van der Waals surface area contributed by atoms with E-state index >= 15 is 0 Å². The second-order valence-corrected chi connectivity index (χ2v) is 14.8. The van der Waals surface area contributed by atoms with Gasteiger partial charge < -0.3 is 9.80 Å². The summed E-state index contributed by atoms with van der Waals surface area (Å²) in [5.41, 5.74) is 15.6. The molecule has 0 aliphatic rings. The molecule has 0 amide bonds. The molecule has 3 aromatic heterocycles. The lowest BCUT2D eigenvalue weighted by Crippen LogP contribution is -2.09. The Hall–Kier alpha value is -8.22. The van der Waals surface area contributed by atoms with Crippen LogP contribution >= 0.6 is 0 Å². The van der Waals surface area contributed by atoms with E-state index in [-0.39, 0.29) is 0 Å². The number of hydrogen-bond acceptors (Lipinski definition) is 6. The summed E-state index contributed by atoms with van der Waals surface area (Å²) in [7, 11) is 0. The monoisotopic (exact) mass is 768 g/mol. The molecule has 0 atom stereocenters. The highest BCUT2D eigenvalue weighted by molar-refractivity contribution is 6.09. The Bertz CT molecular complexity index is 2990. The molecule has 0 bridgehead atoms. The van der Waals surface area contributed by atoms with Crippen molar-refractivity contribution in [1.29, 1.82) is 0 Å². The largest absolute Gasteiger partial charge is 0.311 e. The maximum absolute atomic E-state index is 5.22. The van der Waals surface area contributed by atoms with Crippen LogP contribution in [0.15, 0.2) is 219 Å². The molecule has 0 aliphatic heterocycles. The van der Waals surface area contributed by atoms with Crippen LogP contribution in [0, 0.1) is 0 Å². The first-order valence-corrected chi connectivity index (χ1v) is 20.0. The van der Waals surface area contributed by atoms with Crippen molar-refractivity contribution in [2.45, 2.75) is 0 Å². The third-order valence-electron chi connectivity index (χ3n) is 11.0. The molecule has 0 saturated heterocycles. The minimum Gasteiger partial charge on any atom is -0.311 e. The highest BCUT2D eigenvalue weighted by atomic mass is 15.1. The quantitative estimate of drug-likeness (QED) is 0.113. The Morgan fingerprint density at radius 1 is 0.267 bits per heavy atom. The molecule has 11 aromatic rings. The molecule has 0 fully saturated rings. The number of para-hydroxylation sites is 4. The van der Waals surface area contributed by atoms with Crippen LogP contribution in [0.2, 0.25) is 0 Å². The standard InChI is InChI=1S/C54H36N6/c1-5-13-43(14-6-1)59(44-15-7-2-8-16-44)47-27-21-37(22-28-47)41-33-39-25-31-49-53(51(39)55-35-41)58-54-50(57-49)32-26-40-34-42(36-56-52(40)54)38-23-29-48(30-24-38)60(45-17-9-3-10-18-45)46-19-11-4-12-20-46/h1-36H. The number of rotatable bonds is 8. The van der Waals surface area contributed by atoms with Crippen molar-refractivity contribution in [1.82, 2.24) is 19.9 Å². The maximum atomic E-state index is 5.22. The van der Waals surface area contributed by atoms with Crippen LogP contribution in [0.5, 0.6) is 0 Å². The Balaban J connectivity index is 0.912. The predicted octanol–water partition coefficient (Wildman–Crippen LogP) is 14.2. The Labute approximate surface area is 347 Å². The van der Waals surface area contributed by atoms with Crippen molar-refractivity contribution in [3.63, 3.8) is 0 Å². The van der Waals surface area contributed by atoms with Gasteiger partial charge in [-0.05, 0) is 108 Å². The number of hydrogen-bond donors (Lipinski definition) is 0. The number of benzene rings is 8. The van der Waals surface area contributed by atoms with Crippen LogP contribution in [0.4, 0.5) is 34.1 Å². The average Bonchev–Trinajstić information content (AvgIpc) is 3.32. The van der Waals surface area contributed by atoms with Gasteiger partial charge in [0.15, 0.2) is 0 Å². The van der Waals surface area contributed by atoms with E-state index in [1.165, 1.54) is 0 Å². The van der Waals surface area contributed by atoms with Crippen molar-refractivity contribution in [3.05, 3.63) is 219 Å². The number of nitrogens with zero attached hydrogens (tertiary/aromatic N) is 6. The minimum atomic E-state index is 0.763. The number of fused-ring (bicyclic) bond motifs is 6. The Morgan fingerprint density at radius 2 is 0.600 bits per heavy atom. The van der Waals surface area contributed by atoms with Gasteiger partial charge in [-0.25, -0.2) is 9.97 Å². The van der Waals surface area contributed by atoms with Crippen molar-refractivity contribution in [2.75, 3.05) is 9.80 Å². The van der Waals surface area contributed by atoms with Crippen LogP contribution in [0.3, 0.4) is 0 Å². The van der Waals surface area contributed by atoms with E-state index in [4.69, 9.17) is 19.9 Å². The van der Waals surface area contributed by atoms with Gasteiger partial charge in [0.25, 0.3) is 0 Å². The van der Waals surface area contributed by atoms with Crippen molar-refractivity contribution in [3.8, 4) is 22.3 Å². The van der Waals surface area contributed by atoms with Gasteiger partial charge in [0, 0.05) is 68.4 Å². The average molecular weight is 769 g/mol. The molecular formula is C54H36N6. The molecule has 8 aromatic carbocycles.